The standard InChI is InChI=1S/C24H26N2O6.C14H22N2O6.C13H15NO3.5CH4/c1-31-23(29)19(25-21(27)17-11-5-3-6-12-17)15-9-10-16-20(24(30)32-2)26-22(28)18-13-7-4-8-14-18;1-9(17)15-11(13(19)21-3)7-5-6-8-12(14(20)22-4)16-10(2)18;1-3-7-11(13(16)17-2)14-12(15)10-8-5-4-6-9-10;;;;;/h3-14,19-20H,15-16H2,1-2H3,(H,25,27)(H,26,28);5-6,11-12H,7-8H2,1-4H3,(H,15,17)(H,16,18);3-6,8-9,11H,1,7H2,2H3,(H,14,15);5*1H4/t19-,20?;11-,12-;11-;;;;;/m000...../s1. The maximum absolute atomic E-state index is 12.3. The van der Waals surface area contributed by atoms with E-state index in [2.05, 4.69) is 47.4 Å². The van der Waals surface area contributed by atoms with E-state index in [0.717, 1.165) is 0 Å². The second-order valence-electron chi connectivity index (χ2n) is 14.7. The zero-order valence-electron chi connectivity index (χ0n) is 40.8. The van der Waals surface area contributed by atoms with E-state index >= 15 is 0 Å². The van der Waals surface area contributed by atoms with E-state index in [1.54, 1.807) is 115 Å². The Hall–Kier alpha value is -8.42. The Bertz CT molecular complexity index is 2160. The Morgan fingerprint density at radius 2 is 0.566 bits per heavy atom. The number of methoxy groups -OCH3 is 5. The van der Waals surface area contributed by atoms with Crippen LogP contribution in [0.15, 0.2) is 128 Å². The first kappa shape index (κ1) is 76.5. The fraction of sp³-hybridized carbons (Fsp3) is 0.393. The average molecular weight is 1070 g/mol. The molecule has 0 spiro atoms. The fourth-order valence-electron chi connectivity index (χ4n) is 5.86. The first-order valence-electron chi connectivity index (χ1n) is 21.9. The number of carbonyl (C=O) groups is 10. The van der Waals surface area contributed by atoms with Crippen LogP contribution in [0.5, 0.6) is 0 Å². The molecule has 0 bridgehead atoms. The van der Waals surface area contributed by atoms with Crippen LogP contribution in [0.2, 0.25) is 0 Å². The van der Waals surface area contributed by atoms with Crippen molar-refractivity contribution in [1.29, 1.82) is 0 Å². The van der Waals surface area contributed by atoms with Gasteiger partial charge in [0, 0.05) is 30.5 Å². The molecule has 0 radical (unpaired) electrons. The quantitative estimate of drug-likeness (QED) is 0.0377. The molecule has 3 rings (SSSR count). The molecule has 3 aromatic carbocycles. The number of rotatable bonds is 23. The molecule has 0 aliphatic rings. The van der Waals surface area contributed by atoms with Crippen molar-refractivity contribution in [3.63, 3.8) is 0 Å². The lowest BCUT2D eigenvalue weighted by atomic mass is 10.1. The van der Waals surface area contributed by atoms with Gasteiger partial charge in [-0.3, -0.25) is 24.0 Å². The number of hydrogen-bond donors (Lipinski definition) is 5. The molecule has 20 nitrogen and oxygen atoms in total. The van der Waals surface area contributed by atoms with Crippen molar-refractivity contribution in [3.05, 3.63) is 145 Å². The Morgan fingerprint density at radius 3 is 0.750 bits per heavy atom. The summed E-state index contributed by atoms with van der Waals surface area (Å²) in [5.74, 6) is -4.62. The largest absolute Gasteiger partial charge is 0.467 e. The molecule has 3 aromatic rings. The highest BCUT2D eigenvalue weighted by atomic mass is 16.5. The summed E-state index contributed by atoms with van der Waals surface area (Å²) >= 11 is 0. The number of carbonyl (C=O) groups excluding carboxylic acids is 10. The molecule has 5 amide bonds. The third kappa shape index (κ3) is 30.6. The third-order valence-electron chi connectivity index (χ3n) is 9.43. The summed E-state index contributed by atoms with van der Waals surface area (Å²) in [5.41, 5.74) is 1.34. The summed E-state index contributed by atoms with van der Waals surface area (Å²) in [5, 5.41) is 12.8. The number of nitrogens with one attached hydrogen (secondary N) is 5. The van der Waals surface area contributed by atoms with Crippen LogP contribution < -0.4 is 26.6 Å². The lowest BCUT2D eigenvalue weighted by Crippen LogP contribution is -2.41. The molecule has 0 aliphatic heterocycles. The van der Waals surface area contributed by atoms with Crippen LogP contribution in [0.4, 0.5) is 0 Å². The number of amides is 5. The highest BCUT2D eigenvalue weighted by Crippen LogP contribution is 2.08. The van der Waals surface area contributed by atoms with E-state index < -0.39 is 71.9 Å². The van der Waals surface area contributed by atoms with Gasteiger partial charge in [0.05, 0.1) is 35.5 Å². The van der Waals surface area contributed by atoms with Gasteiger partial charge in [-0.15, -0.1) is 6.58 Å². The highest BCUT2D eigenvalue weighted by Gasteiger charge is 2.24. The van der Waals surface area contributed by atoms with Gasteiger partial charge in [0.25, 0.3) is 17.7 Å². The Labute approximate surface area is 449 Å². The Morgan fingerprint density at radius 1 is 0.368 bits per heavy atom. The third-order valence-corrected chi connectivity index (χ3v) is 9.43. The normalized spacial score (nSPS) is 11.6. The average Bonchev–Trinajstić information content (AvgIpc) is 3.38. The van der Waals surface area contributed by atoms with Gasteiger partial charge in [-0.25, -0.2) is 24.0 Å². The SMILES string of the molecule is C.C.C.C.C.C=CC[C@H](NC(=O)c1ccccc1)C(=O)OC.COC(=O)C(CC=CC[C@H](NC(=O)c1ccccc1)C(=O)OC)NC(=O)c1ccccc1.COC(=O)[C@H](CC=CC[C@H](NC(C)=O)C(=O)OC)NC(C)=O. The summed E-state index contributed by atoms with van der Waals surface area (Å²) in [6.07, 6.45) is 9.12. The molecule has 76 heavy (non-hydrogen) atoms. The molecular formula is C56H83N5O15. The molecule has 0 saturated carbocycles. The van der Waals surface area contributed by atoms with Gasteiger partial charge in [-0.2, -0.15) is 0 Å². The van der Waals surface area contributed by atoms with Crippen LogP contribution in [0.3, 0.4) is 0 Å². The van der Waals surface area contributed by atoms with Crippen LogP contribution in [-0.4, -0.2) is 125 Å². The first-order chi connectivity index (χ1) is 34.0. The van der Waals surface area contributed by atoms with E-state index in [-0.39, 0.29) is 80.5 Å². The molecule has 20 heteroatoms. The van der Waals surface area contributed by atoms with Crippen molar-refractivity contribution in [2.75, 3.05) is 35.5 Å². The van der Waals surface area contributed by atoms with E-state index in [9.17, 15) is 47.9 Å². The summed E-state index contributed by atoms with van der Waals surface area (Å²) in [6.45, 7) is 6.13. The van der Waals surface area contributed by atoms with Crippen LogP contribution in [0, 0.1) is 0 Å². The molecule has 0 fully saturated rings. The van der Waals surface area contributed by atoms with Crippen LogP contribution in [0.1, 0.15) is 114 Å². The van der Waals surface area contributed by atoms with Crippen LogP contribution in [-0.2, 0) is 57.2 Å². The van der Waals surface area contributed by atoms with Crippen molar-refractivity contribution >= 4 is 59.4 Å². The van der Waals surface area contributed by atoms with Gasteiger partial charge in [0.1, 0.15) is 30.2 Å². The van der Waals surface area contributed by atoms with Crippen LogP contribution in [0.25, 0.3) is 0 Å². The number of benzene rings is 3. The van der Waals surface area contributed by atoms with E-state index in [4.69, 9.17) is 9.47 Å². The van der Waals surface area contributed by atoms with Crippen molar-refractivity contribution in [2.24, 2.45) is 0 Å². The maximum Gasteiger partial charge on any atom is 0.328 e. The predicted molar refractivity (Wildman–Crippen MR) is 294 cm³/mol. The second kappa shape index (κ2) is 44.1. The van der Waals surface area contributed by atoms with Gasteiger partial charge >= 0.3 is 29.8 Å². The molecule has 0 saturated heterocycles. The maximum atomic E-state index is 12.3. The van der Waals surface area contributed by atoms with Gasteiger partial charge < -0.3 is 50.3 Å². The first-order valence-corrected chi connectivity index (χ1v) is 21.9. The zero-order valence-corrected chi connectivity index (χ0v) is 40.8. The molecule has 0 aliphatic carbocycles. The summed E-state index contributed by atoms with van der Waals surface area (Å²) in [7, 11) is 6.21. The smallest absolute Gasteiger partial charge is 0.328 e. The minimum absolute atomic E-state index is 0. The molecule has 1 unspecified atom stereocenters. The lowest BCUT2D eigenvalue weighted by molar-refractivity contribution is -0.145. The molecule has 5 atom stereocenters. The van der Waals surface area contributed by atoms with Gasteiger partial charge in [-0.05, 0) is 68.5 Å². The highest BCUT2D eigenvalue weighted by molar-refractivity contribution is 5.98. The number of esters is 5. The van der Waals surface area contributed by atoms with Crippen molar-refractivity contribution in [1.82, 2.24) is 26.6 Å². The Balaban J connectivity index is -0.000000338. The van der Waals surface area contributed by atoms with Crippen molar-refractivity contribution < 1.29 is 71.6 Å². The van der Waals surface area contributed by atoms with E-state index in [1.807, 2.05) is 6.07 Å². The van der Waals surface area contributed by atoms with Crippen LogP contribution >= 0.6 is 0 Å². The molecule has 0 heterocycles. The van der Waals surface area contributed by atoms with E-state index in [0.29, 0.717) is 23.1 Å². The summed E-state index contributed by atoms with van der Waals surface area (Å²) in [6, 6.07) is 21.6. The van der Waals surface area contributed by atoms with Gasteiger partial charge in [0.15, 0.2) is 0 Å². The topological polar surface area (TPSA) is 277 Å². The number of ether oxygens (including phenoxy) is 5. The monoisotopic (exact) mass is 1070 g/mol. The van der Waals surface area contributed by atoms with Gasteiger partial charge in [0.2, 0.25) is 11.8 Å². The minimum atomic E-state index is -0.903. The molecule has 0 aromatic heterocycles. The number of hydrogen-bond acceptors (Lipinski definition) is 15. The molecule has 5 N–H and O–H groups in total. The lowest BCUT2D eigenvalue weighted by Gasteiger charge is -2.16. The second-order valence-corrected chi connectivity index (χ2v) is 14.7. The fourth-order valence-corrected chi connectivity index (χ4v) is 5.86. The predicted octanol–water partition coefficient (Wildman–Crippen LogP) is 6.66. The van der Waals surface area contributed by atoms with Crippen molar-refractivity contribution in [3.8, 4) is 0 Å². The van der Waals surface area contributed by atoms with E-state index in [1.165, 1.54) is 49.4 Å². The Kier molecular flexibility index (Phi) is 44.4. The summed E-state index contributed by atoms with van der Waals surface area (Å²) < 4.78 is 23.3. The zero-order chi connectivity index (χ0) is 53.1. The molecule has 422 valence electrons. The van der Waals surface area contributed by atoms with Gasteiger partial charge in [-0.1, -0.05) is 122 Å². The molecular weight excluding hydrogens is 983 g/mol. The van der Waals surface area contributed by atoms with Crippen molar-refractivity contribution in [2.45, 2.75) is 113 Å². The summed E-state index contributed by atoms with van der Waals surface area (Å²) in [4.78, 5) is 117. The minimum Gasteiger partial charge on any atom is -0.467 e.